The molecular weight excluding hydrogens is 461 g/mol. The van der Waals surface area contributed by atoms with Gasteiger partial charge in [0.1, 0.15) is 0 Å². The second-order valence-corrected chi connectivity index (χ2v) is 13.1. The summed E-state index contributed by atoms with van der Waals surface area (Å²) in [5.41, 5.74) is 0.472. The molecule has 140 valence electrons. The Kier molecular flexibility index (Phi) is 6.01. The van der Waals surface area contributed by atoms with E-state index in [9.17, 15) is 19.5 Å². The number of hydrogen-bond donors (Lipinski definition) is 4. The number of carbonyl (C=O) groups is 3. The van der Waals surface area contributed by atoms with Crippen molar-refractivity contribution in [2.45, 2.75) is 40.2 Å². The van der Waals surface area contributed by atoms with Gasteiger partial charge in [-0.1, -0.05) is 0 Å². The molecule has 2 aliphatic rings. The minimum absolute atomic E-state index is 0.117. The summed E-state index contributed by atoms with van der Waals surface area (Å²) < 4.78 is -1.12. The Morgan fingerprint density at radius 1 is 1.31 bits per heavy atom. The van der Waals surface area contributed by atoms with Gasteiger partial charge < -0.3 is 0 Å². The van der Waals surface area contributed by atoms with Crippen molar-refractivity contribution in [2.24, 2.45) is 0 Å². The van der Waals surface area contributed by atoms with E-state index in [0.29, 0.717) is 18.4 Å². The van der Waals surface area contributed by atoms with Gasteiger partial charge in [0.05, 0.1) is 0 Å². The molecule has 0 spiro atoms. The normalized spacial score (nSPS) is 26.5. The van der Waals surface area contributed by atoms with Crippen LogP contribution in [0.3, 0.4) is 0 Å². The first-order valence-electron chi connectivity index (χ1n) is 8.69. The fourth-order valence-electron chi connectivity index (χ4n) is 3.43. The summed E-state index contributed by atoms with van der Waals surface area (Å²) in [6.45, 7) is 0. The number of aliphatic carboxylic acids is 1. The molecule has 0 saturated carbocycles. The van der Waals surface area contributed by atoms with Gasteiger partial charge in [0.2, 0.25) is 0 Å². The van der Waals surface area contributed by atoms with Crippen molar-refractivity contribution in [1.82, 2.24) is 16.0 Å². The van der Waals surface area contributed by atoms with E-state index in [4.69, 9.17) is 0 Å². The van der Waals surface area contributed by atoms with E-state index in [0.717, 1.165) is 12.2 Å². The predicted molar refractivity (Wildman–Crippen MR) is 104 cm³/mol. The van der Waals surface area contributed by atoms with Gasteiger partial charge in [0.15, 0.2) is 0 Å². The number of benzene rings is 1. The monoisotopic (exact) mass is 485 g/mol. The van der Waals surface area contributed by atoms with Crippen molar-refractivity contribution >= 4 is 52.2 Å². The van der Waals surface area contributed by atoms with Crippen LogP contribution in [0, 0.1) is 0 Å². The summed E-state index contributed by atoms with van der Waals surface area (Å²) in [6.07, 6.45) is 1.95. The van der Waals surface area contributed by atoms with Crippen LogP contribution in [-0.2, 0) is 4.79 Å². The number of carboxylic acid groups (broad SMARTS) is 1. The van der Waals surface area contributed by atoms with Crippen LogP contribution in [-0.4, -0.2) is 72.2 Å². The molecule has 0 aromatic heterocycles. The molecule has 2 fully saturated rings. The van der Waals surface area contributed by atoms with Crippen molar-refractivity contribution in [1.29, 1.82) is 0 Å². The van der Waals surface area contributed by atoms with Crippen molar-refractivity contribution in [3.63, 3.8) is 0 Å². The van der Waals surface area contributed by atoms with Crippen LogP contribution >= 0.6 is 11.8 Å². The second kappa shape index (κ2) is 8.08. The average molecular weight is 484 g/mol. The standard InChI is InChI=1S/C17H20N3O4S.Sn.3H/c21-15(10-5-2-1-3-6-10)18-11(16(22)23)7-4-8-13-14-12(9-25-13)19-17(24)20-14;;;;/h1-3,5-6,12-14H,4,7-9H2,(H,18,21)(H,22,23)(H2,19,20,24);;;;/t12-,13-,14-;;;;/m0..../s1. The Labute approximate surface area is 169 Å². The van der Waals surface area contributed by atoms with Gasteiger partial charge in [-0.25, -0.2) is 0 Å². The Morgan fingerprint density at radius 3 is 2.73 bits per heavy atom. The van der Waals surface area contributed by atoms with Gasteiger partial charge in [-0.15, -0.1) is 0 Å². The Bertz CT molecular complexity index is 705. The van der Waals surface area contributed by atoms with E-state index in [2.05, 4.69) is 16.0 Å². The van der Waals surface area contributed by atoms with Crippen molar-refractivity contribution in [2.75, 3.05) is 5.75 Å². The first kappa shape index (κ1) is 19.3. The number of rotatable bonds is 7. The van der Waals surface area contributed by atoms with Crippen molar-refractivity contribution < 1.29 is 19.5 Å². The maximum atomic E-state index is 12.4. The molecule has 2 aliphatic heterocycles. The molecule has 26 heavy (non-hydrogen) atoms. The zero-order valence-corrected chi connectivity index (χ0v) is 21.1. The number of carboxylic acids is 1. The zero-order valence-electron chi connectivity index (χ0n) is 14.5. The average Bonchev–Trinajstić information content (AvgIpc) is 3.15. The summed E-state index contributed by atoms with van der Waals surface area (Å²) in [5, 5.41) is 18.6. The first-order valence-corrected chi connectivity index (χ1v) is 12.6. The molecule has 7 nitrogen and oxygen atoms in total. The van der Waals surface area contributed by atoms with E-state index >= 15 is 0 Å². The van der Waals surface area contributed by atoms with Crippen LogP contribution in [0.5, 0.6) is 0 Å². The summed E-state index contributed by atoms with van der Waals surface area (Å²) in [5.74, 6) is -0.408. The third kappa shape index (κ3) is 4.28. The number of fused-ring (bicyclic) bond motifs is 1. The molecule has 4 atom stereocenters. The number of hydrogen-bond acceptors (Lipinski definition) is 4. The van der Waals surface area contributed by atoms with Gasteiger partial charge in [-0.3, -0.25) is 0 Å². The van der Waals surface area contributed by atoms with Crippen LogP contribution in [0.2, 0.25) is 0 Å². The van der Waals surface area contributed by atoms with E-state index in [-0.39, 0.29) is 51.8 Å². The number of nitrogens with one attached hydrogen (secondary N) is 3. The number of amides is 3. The molecule has 3 rings (SSSR count). The summed E-state index contributed by atoms with van der Waals surface area (Å²) >= 11 is 1.49. The molecule has 2 heterocycles. The molecule has 4 N–H and O–H groups in total. The topological polar surface area (TPSA) is 108 Å². The van der Waals surface area contributed by atoms with Crippen molar-refractivity contribution in [3.8, 4) is 0 Å². The molecular formula is C17H23N3O4SSn. The van der Waals surface area contributed by atoms with Crippen LogP contribution in [0.1, 0.15) is 29.6 Å². The van der Waals surface area contributed by atoms with Crippen LogP contribution < -0.4 is 16.0 Å². The Balaban J connectivity index is 1.55. The van der Waals surface area contributed by atoms with Crippen molar-refractivity contribution in [3.05, 3.63) is 35.9 Å². The SMILES string of the molecule is O=C1N[C@H]2[C@H](CS[C@H]2CCC[C]([SnH3])(NC(=O)c2ccccc2)C(=O)O)N1. The van der Waals surface area contributed by atoms with Gasteiger partial charge in [0.25, 0.3) is 0 Å². The van der Waals surface area contributed by atoms with E-state index in [1.807, 2.05) is 17.8 Å². The van der Waals surface area contributed by atoms with E-state index in [1.165, 1.54) is 0 Å². The van der Waals surface area contributed by atoms with E-state index in [1.54, 1.807) is 24.3 Å². The second-order valence-electron chi connectivity index (χ2n) is 6.97. The molecule has 1 unspecified atom stereocenters. The maximum absolute atomic E-state index is 12.4. The van der Waals surface area contributed by atoms with Gasteiger partial charge in [-0.2, -0.15) is 0 Å². The number of urea groups is 1. The molecule has 9 heteroatoms. The predicted octanol–water partition coefficient (Wildman–Crippen LogP) is -0.102. The molecule has 1 aromatic carbocycles. The minimum atomic E-state index is -1.12. The Morgan fingerprint density at radius 2 is 2.04 bits per heavy atom. The molecule has 0 bridgehead atoms. The van der Waals surface area contributed by atoms with E-state index < -0.39 is 9.52 Å². The first-order chi connectivity index (χ1) is 12.4. The van der Waals surface area contributed by atoms with Crippen LogP contribution in [0.15, 0.2) is 30.3 Å². The summed E-state index contributed by atoms with van der Waals surface area (Å²) in [7, 11) is 0. The third-order valence-electron chi connectivity index (χ3n) is 5.00. The molecule has 3 amide bonds. The van der Waals surface area contributed by atoms with Crippen LogP contribution in [0.25, 0.3) is 0 Å². The Hall–Kier alpha value is -1.42. The van der Waals surface area contributed by atoms with Gasteiger partial charge >= 0.3 is 169 Å². The fraction of sp³-hybridized carbons (Fsp3) is 0.471. The molecule has 0 radical (unpaired) electrons. The van der Waals surface area contributed by atoms with Crippen LogP contribution in [0.4, 0.5) is 4.79 Å². The third-order valence-corrected chi connectivity index (χ3v) is 9.87. The zero-order chi connectivity index (χ0) is 18.7. The molecule has 2 saturated heterocycles. The number of carbonyl (C=O) groups excluding carboxylic acids is 2. The molecule has 1 aromatic rings. The summed E-state index contributed by atoms with van der Waals surface area (Å²) in [4.78, 5) is 35.6. The fourth-order valence-corrected chi connectivity index (χ4v) is 6.64. The van der Waals surface area contributed by atoms with Gasteiger partial charge in [-0.05, 0) is 0 Å². The quantitative estimate of drug-likeness (QED) is 0.320. The summed E-state index contributed by atoms with van der Waals surface area (Å²) in [6, 6.07) is 8.85. The van der Waals surface area contributed by atoms with Gasteiger partial charge in [0, 0.05) is 0 Å². The molecule has 0 aliphatic carbocycles. The number of thioether (sulfide) groups is 1.